The first-order chi connectivity index (χ1) is 13.6. The van der Waals surface area contributed by atoms with E-state index in [4.69, 9.17) is 5.73 Å². The minimum Gasteiger partial charge on any atom is -0.398 e. The number of nitrogen functional groups attached to an aromatic ring is 1. The highest BCUT2D eigenvalue weighted by molar-refractivity contribution is 7.91. The van der Waals surface area contributed by atoms with Crippen molar-refractivity contribution in [2.45, 2.75) is 55.5 Å². The molecule has 0 amide bonds. The van der Waals surface area contributed by atoms with Gasteiger partial charge in [-0.15, -0.1) is 0 Å². The van der Waals surface area contributed by atoms with Gasteiger partial charge in [-0.2, -0.15) is 13.2 Å². The number of hydrogen-bond acceptors (Lipinski definition) is 4. The lowest BCUT2D eigenvalue weighted by Gasteiger charge is -2.27. The first-order valence-electron chi connectivity index (χ1n) is 9.68. The lowest BCUT2D eigenvalue weighted by molar-refractivity contribution is -0.137. The number of nitrogens with zero attached hydrogens (tertiary/aromatic N) is 1. The van der Waals surface area contributed by atoms with Gasteiger partial charge in [-0.25, -0.2) is 8.42 Å². The summed E-state index contributed by atoms with van der Waals surface area (Å²) in [5.41, 5.74) is 4.29. The number of para-hydroxylation sites is 1. The maximum atomic E-state index is 13.3. The lowest BCUT2D eigenvalue weighted by atomic mass is 10.2. The highest BCUT2D eigenvalue weighted by Crippen LogP contribution is 2.37. The van der Waals surface area contributed by atoms with Crippen LogP contribution in [0.25, 0.3) is 0 Å². The molecule has 0 saturated carbocycles. The van der Waals surface area contributed by atoms with Crippen molar-refractivity contribution in [1.29, 1.82) is 0 Å². The zero-order chi connectivity index (χ0) is 21.7. The monoisotopic (exact) mass is 428 g/mol. The van der Waals surface area contributed by atoms with Gasteiger partial charge in [0.2, 0.25) is 9.84 Å². The normalized spacial score (nSPS) is 12.2. The third kappa shape index (κ3) is 5.44. The van der Waals surface area contributed by atoms with Crippen LogP contribution in [0.1, 0.15) is 45.1 Å². The van der Waals surface area contributed by atoms with Crippen molar-refractivity contribution in [2.24, 2.45) is 0 Å². The highest BCUT2D eigenvalue weighted by Gasteiger charge is 2.35. The molecule has 29 heavy (non-hydrogen) atoms. The zero-order valence-electron chi connectivity index (χ0n) is 16.7. The molecule has 0 aromatic heterocycles. The molecular formula is C21H27F3N2O2S. The Kier molecular flexibility index (Phi) is 7.57. The Hall–Kier alpha value is -2.22. The maximum absolute atomic E-state index is 13.3. The number of anilines is 2. The lowest BCUT2D eigenvalue weighted by Crippen LogP contribution is -2.27. The average molecular weight is 429 g/mol. The summed E-state index contributed by atoms with van der Waals surface area (Å²) in [5, 5.41) is 0. The van der Waals surface area contributed by atoms with Crippen LogP contribution in [0.2, 0.25) is 0 Å². The smallest absolute Gasteiger partial charge is 0.398 e. The van der Waals surface area contributed by atoms with Crippen molar-refractivity contribution in [1.82, 2.24) is 0 Å². The van der Waals surface area contributed by atoms with Gasteiger partial charge in [-0.1, -0.05) is 38.8 Å². The van der Waals surface area contributed by atoms with Gasteiger partial charge in [0.1, 0.15) is 0 Å². The van der Waals surface area contributed by atoms with Crippen molar-refractivity contribution in [3.63, 3.8) is 0 Å². The summed E-state index contributed by atoms with van der Waals surface area (Å²) >= 11 is 0. The second-order valence-electron chi connectivity index (χ2n) is 6.91. The fourth-order valence-corrected chi connectivity index (χ4v) is 4.58. The Morgan fingerprint density at radius 1 is 0.966 bits per heavy atom. The van der Waals surface area contributed by atoms with E-state index in [0.717, 1.165) is 37.8 Å². The number of unbranched alkanes of at least 4 members (excludes halogenated alkanes) is 2. The Morgan fingerprint density at radius 2 is 1.55 bits per heavy atom. The van der Waals surface area contributed by atoms with Gasteiger partial charge in [0.15, 0.2) is 0 Å². The predicted octanol–water partition coefficient (Wildman–Crippen LogP) is 5.53. The SMILES string of the molecule is CCCCN(CCCC)c1ccccc1S(=O)(=O)c1ccc(N)c(C(F)(F)F)c1. The average Bonchev–Trinajstić information content (AvgIpc) is 2.67. The summed E-state index contributed by atoms with van der Waals surface area (Å²) in [4.78, 5) is 1.59. The first-order valence-corrected chi connectivity index (χ1v) is 11.2. The van der Waals surface area contributed by atoms with E-state index in [-0.39, 0.29) is 4.90 Å². The fourth-order valence-electron chi connectivity index (χ4n) is 3.07. The molecule has 2 rings (SSSR count). The van der Waals surface area contributed by atoms with E-state index in [0.29, 0.717) is 24.8 Å². The molecule has 2 N–H and O–H groups in total. The van der Waals surface area contributed by atoms with Crippen LogP contribution in [0.5, 0.6) is 0 Å². The summed E-state index contributed by atoms with van der Waals surface area (Å²) in [6, 6.07) is 9.20. The van der Waals surface area contributed by atoms with E-state index >= 15 is 0 Å². The molecule has 160 valence electrons. The van der Waals surface area contributed by atoms with Crippen LogP contribution in [-0.2, 0) is 16.0 Å². The molecule has 0 aliphatic carbocycles. The van der Waals surface area contributed by atoms with Crippen LogP contribution < -0.4 is 10.6 Å². The van der Waals surface area contributed by atoms with Gasteiger partial charge < -0.3 is 10.6 Å². The molecule has 4 nitrogen and oxygen atoms in total. The van der Waals surface area contributed by atoms with E-state index < -0.39 is 32.2 Å². The number of halogens is 3. The van der Waals surface area contributed by atoms with Gasteiger partial charge in [0.25, 0.3) is 0 Å². The third-order valence-electron chi connectivity index (χ3n) is 4.70. The number of rotatable bonds is 9. The van der Waals surface area contributed by atoms with E-state index in [9.17, 15) is 21.6 Å². The zero-order valence-corrected chi connectivity index (χ0v) is 17.5. The molecule has 0 bridgehead atoms. The van der Waals surface area contributed by atoms with Crippen LogP contribution in [0.3, 0.4) is 0 Å². The maximum Gasteiger partial charge on any atom is 0.418 e. The molecule has 0 spiro atoms. The molecule has 0 atom stereocenters. The second-order valence-corrected chi connectivity index (χ2v) is 8.83. The Labute approximate surface area is 170 Å². The van der Waals surface area contributed by atoms with Gasteiger partial charge in [-0.3, -0.25) is 0 Å². The minimum absolute atomic E-state index is 0.00472. The Morgan fingerprint density at radius 3 is 2.10 bits per heavy atom. The Bertz CT molecular complexity index is 920. The molecule has 0 unspecified atom stereocenters. The standard InChI is InChI=1S/C21H27F3N2O2S/c1-3-5-13-26(14-6-4-2)19-9-7-8-10-20(19)29(27,28)16-11-12-18(25)17(15-16)21(22,23)24/h7-12,15H,3-6,13-14,25H2,1-2H3. The van der Waals surface area contributed by atoms with E-state index in [1.807, 2.05) is 18.7 Å². The number of nitrogens with two attached hydrogens (primary N) is 1. The summed E-state index contributed by atoms with van der Waals surface area (Å²) in [5.74, 6) is 0. The summed E-state index contributed by atoms with van der Waals surface area (Å²) in [6.45, 7) is 5.46. The number of sulfone groups is 1. The van der Waals surface area contributed by atoms with E-state index in [1.165, 1.54) is 6.07 Å². The van der Waals surface area contributed by atoms with Crippen molar-refractivity contribution in [2.75, 3.05) is 23.7 Å². The largest absolute Gasteiger partial charge is 0.418 e. The topological polar surface area (TPSA) is 63.4 Å². The molecular weight excluding hydrogens is 401 g/mol. The molecule has 8 heteroatoms. The van der Waals surface area contributed by atoms with Crippen LogP contribution in [0, 0.1) is 0 Å². The van der Waals surface area contributed by atoms with Crippen LogP contribution in [-0.4, -0.2) is 21.5 Å². The van der Waals surface area contributed by atoms with Crippen LogP contribution in [0.15, 0.2) is 52.3 Å². The molecule has 0 fully saturated rings. The van der Waals surface area contributed by atoms with Gasteiger partial charge in [0, 0.05) is 18.8 Å². The fraction of sp³-hybridized carbons (Fsp3) is 0.429. The summed E-state index contributed by atoms with van der Waals surface area (Å²) in [7, 11) is -4.16. The molecule has 0 aliphatic rings. The van der Waals surface area contributed by atoms with Crippen molar-refractivity contribution < 1.29 is 21.6 Å². The molecule has 2 aromatic carbocycles. The van der Waals surface area contributed by atoms with E-state index in [1.54, 1.807) is 18.2 Å². The van der Waals surface area contributed by atoms with Crippen LogP contribution in [0.4, 0.5) is 24.5 Å². The van der Waals surface area contributed by atoms with Gasteiger partial charge >= 0.3 is 6.18 Å². The second kappa shape index (κ2) is 9.52. The van der Waals surface area contributed by atoms with Crippen LogP contribution >= 0.6 is 0 Å². The third-order valence-corrected chi connectivity index (χ3v) is 6.50. The number of alkyl halides is 3. The first kappa shape index (κ1) is 23.1. The van der Waals surface area contributed by atoms with Crippen molar-refractivity contribution in [3.8, 4) is 0 Å². The molecule has 2 aromatic rings. The highest BCUT2D eigenvalue weighted by atomic mass is 32.2. The number of hydrogen-bond donors (Lipinski definition) is 1. The van der Waals surface area contributed by atoms with Gasteiger partial charge in [-0.05, 0) is 43.2 Å². The minimum atomic E-state index is -4.73. The Balaban J connectivity index is 2.56. The molecule has 0 aliphatic heterocycles. The molecule has 0 radical (unpaired) electrons. The number of benzene rings is 2. The molecule has 0 heterocycles. The summed E-state index contributed by atoms with van der Waals surface area (Å²) in [6.07, 6.45) is -1.06. The van der Waals surface area contributed by atoms with Crippen molar-refractivity contribution >= 4 is 21.2 Å². The quantitative estimate of drug-likeness (QED) is 0.534. The summed E-state index contributed by atoms with van der Waals surface area (Å²) < 4.78 is 66.2. The van der Waals surface area contributed by atoms with E-state index in [2.05, 4.69) is 0 Å². The molecule has 0 saturated heterocycles. The van der Waals surface area contributed by atoms with Crippen molar-refractivity contribution in [3.05, 3.63) is 48.0 Å². The predicted molar refractivity (Wildman–Crippen MR) is 110 cm³/mol. The van der Waals surface area contributed by atoms with Gasteiger partial charge in [0.05, 0.1) is 21.0 Å².